The summed E-state index contributed by atoms with van der Waals surface area (Å²) in [5.41, 5.74) is 0.724. The van der Waals surface area contributed by atoms with Crippen LogP contribution < -0.4 is 4.74 Å². The molecule has 0 bridgehead atoms. The summed E-state index contributed by atoms with van der Waals surface area (Å²) in [5, 5.41) is 0. The lowest BCUT2D eigenvalue weighted by atomic mass is 10.1. The van der Waals surface area contributed by atoms with Gasteiger partial charge in [-0.05, 0) is 23.8 Å². The van der Waals surface area contributed by atoms with E-state index in [0.29, 0.717) is 5.56 Å². The number of pyridine rings is 1. The maximum atomic E-state index is 13.7. The van der Waals surface area contributed by atoms with Crippen LogP contribution in [0.4, 0.5) is 17.6 Å². The summed E-state index contributed by atoms with van der Waals surface area (Å²) < 4.78 is 57.9. The summed E-state index contributed by atoms with van der Waals surface area (Å²) in [5.74, 6) is -2.75. The van der Waals surface area contributed by atoms with Gasteiger partial charge in [0.15, 0.2) is 11.6 Å². The monoisotopic (exact) mass is 315 g/mol. The van der Waals surface area contributed by atoms with E-state index in [4.69, 9.17) is 0 Å². The molecular formula is C14H9F4NO3. The molecule has 0 amide bonds. The predicted octanol–water partition coefficient (Wildman–Crippen LogP) is 3.57. The molecule has 1 heterocycles. The van der Waals surface area contributed by atoms with E-state index in [2.05, 4.69) is 14.5 Å². The maximum Gasteiger partial charge on any atom is 0.573 e. The van der Waals surface area contributed by atoms with Crippen molar-refractivity contribution in [2.45, 2.75) is 6.36 Å². The number of hydrogen-bond acceptors (Lipinski definition) is 4. The number of hydrogen-bond donors (Lipinski definition) is 0. The Hall–Kier alpha value is -2.64. The molecule has 0 unspecified atom stereocenters. The number of halogens is 4. The molecule has 0 radical (unpaired) electrons. The Morgan fingerprint density at radius 2 is 1.86 bits per heavy atom. The molecule has 0 aliphatic heterocycles. The molecule has 0 atom stereocenters. The van der Waals surface area contributed by atoms with E-state index in [0.717, 1.165) is 12.1 Å². The van der Waals surface area contributed by atoms with Crippen LogP contribution in [0.1, 0.15) is 10.4 Å². The van der Waals surface area contributed by atoms with Crippen LogP contribution in [0.15, 0.2) is 36.7 Å². The van der Waals surface area contributed by atoms with Gasteiger partial charge in [-0.2, -0.15) is 0 Å². The minimum Gasteiger partial charge on any atom is -0.465 e. The van der Waals surface area contributed by atoms with E-state index in [9.17, 15) is 22.4 Å². The molecule has 4 nitrogen and oxygen atoms in total. The van der Waals surface area contributed by atoms with Crippen molar-refractivity contribution in [3.63, 3.8) is 0 Å². The standard InChI is InChI=1S/C14H9F4NO3/c1-21-13(20)10-4-9(6-19-7-10)8-2-3-12(11(15)5-8)22-14(16,17)18/h2-7H,1H3. The van der Waals surface area contributed by atoms with Crippen LogP contribution in [-0.2, 0) is 4.74 Å². The number of carbonyl (C=O) groups excluding carboxylic acids is 1. The molecule has 1 aromatic heterocycles. The zero-order valence-corrected chi connectivity index (χ0v) is 11.1. The van der Waals surface area contributed by atoms with Crippen molar-refractivity contribution in [1.82, 2.24) is 4.98 Å². The topological polar surface area (TPSA) is 48.4 Å². The Bertz CT molecular complexity index is 701. The number of benzene rings is 1. The van der Waals surface area contributed by atoms with Crippen molar-refractivity contribution < 1.29 is 31.8 Å². The number of rotatable bonds is 3. The van der Waals surface area contributed by atoms with Gasteiger partial charge in [-0.1, -0.05) is 6.07 Å². The second kappa shape index (κ2) is 6.00. The van der Waals surface area contributed by atoms with Crippen LogP contribution in [0.2, 0.25) is 0 Å². The highest BCUT2D eigenvalue weighted by atomic mass is 19.4. The second-order valence-electron chi connectivity index (χ2n) is 4.15. The highest BCUT2D eigenvalue weighted by Gasteiger charge is 2.32. The normalized spacial score (nSPS) is 11.1. The molecule has 2 aromatic rings. The van der Waals surface area contributed by atoms with Crippen LogP contribution in [-0.4, -0.2) is 24.4 Å². The average molecular weight is 315 g/mol. The SMILES string of the molecule is COC(=O)c1cncc(-c2ccc(OC(F)(F)F)c(F)c2)c1. The molecular weight excluding hydrogens is 306 g/mol. The fraction of sp³-hybridized carbons (Fsp3) is 0.143. The Balaban J connectivity index is 2.34. The summed E-state index contributed by atoms with van der Waals surface area (Å²) in [6.45, 7) is 0. The summed E-state index contributed by atoms with van der Waals surface area (Å²) in [6.07, 6.45) is -2.38. The van der Waals surface area contributed by atoms with Crippen LogP contribution >= 0.6 is 0 Å². The van der Waals surface area contributed by atoms with Gasteiger partial charge in [-0.15, -0.1) is 13.2 Å². The lowest BCUT2D eigenvalue weighted by Crippen LogP contribution is -2.17. The molecule has 0 saturated heterocycles. The lowest BCUT2D eigenvalue weighted by Gasteiger charge is -2.10. The largest absolute Gasteiger partial charge is 0.573 e. The Kier molecular flexibility index (Phi) is 4.30. The van der Waals surface area contributed by atoms with Crippen molar-refractivity contribution in [3.8, 4) is 16.9 Å². The van der Waals surface area contributed by atoms with E-state index in [1.54, 1.807) is 0 Å². The molecule has 0 N–H and O–H groups in total. The smallest absolute Gasteiger partial charge is 0.465 e. The number of carbonyl (C=O) groups is 1. The van der Waals surface area contributed by atoms with E-state index in [1.807, 2.05) is 0 Å². The number of aromatic nitrogens is 1. The van der Waals surface area contributed by atoms with Crippen molar-refractivity contribution >= 4 is 5.97 Å². The molecule has 0 saturated carbocycles. The fourth-order valence-corrected chi connectivity index (χ4v) is 1.72. The minimum atomic E-state index is -4.98. The fourth-order valence-electron chi connectivity index (χ4n) is 1.72. The molecule has 0 fully saturated rings. The van der Waals surface area contributed by atoms with Crippen LogP contribution in [0.25, 0.3) is 11.1 Å². The Morgan fingerprint density at radius 1 is 1.14 bits per heavy atom. The Labute approximate surface area is 122 Å². The number of esters is 1. The van der Waals surface area contributed by atoms with Gasteiger partial charge in [0.05, 0.1) is 12.7 Å². The van der Waals surface area contributed by atoms with Gasteiger partial charge in [0.2, 0.25) is 0 Å². The third-order valence-electron chi connectivity index (χ3n) is 2.65. The first-order chi connectivity index (χ1) is 10.3. The first-order valence-electron chi connectivity index (χ1n) is 5.89. The van der Waals surface area contributed by atoms with Crippen molar-refractivity contribution in [3.05, 3.63) is 48.0 Å². The highest BCUT2D eigenvalue weighted by molar-refractivity contribution is 5.90. The van der Waals surface area contributed by atoms with Crippen molar-refractivity contribution in [2.75, 3.05) is 7.11 Å². The van der Waals surface area contributed by atoms with Gasteiger partial charge in [0.25, 0.3) is 0 Å². The first kappa shape index (κ1) is 15.7. The zero-order valence-electron chi connectivity index (χ0n) is 11.1. The molecule has 2 rings (SSSR count). The van der Waals surface area contributed by atoms with Crippen LogP contribution in [0.5, 0.6) is 5.75 Å². The summed E-state index contributed by atoms with van der Waals surface area (Å²) >= 11 is 0. The highest BCUT2D eigenvalue weighted by Crippen LogP contribution is 2.29. The van der Waals surface area contributed by atoms with Gasteiger partial charge in [-0.25, -0.2) is 9.18 Å². The summed E-state index contributed by atoms with van der Waals surface area (Å²) in [4.78, 5) is 15.2. The third-order valence-corrected chi connectivity index (χ3v) is 2.65. The van der Waals surface area contributed by atoms with Crippen molar-refractivity contribution in [2.24, 2.45) is 0 Å². The van der Waals surface area contributed by atoms with E-state index in [-0.39, 0.29) is 11.1 Å². The molecule has 0 spiro atoms. The zero-order chi connectivity index (χ0) is 16.3. The quantitative estimate of drug-likeness (QED) is 0.642. The van der Waals surface area contributed by atoms with Gasteiger partial charge in [-0.3, -0.25) is 4.98 Å². The van der Waals surface area contributed by atoms with Crippen molar-refractivity contribution in [1.29, 1.82) is 0 Å². The summed E-state index contributed by atoms with van der Waals surface area (Å²) in [7, 11) is 1.19. The maximum absolute atomic E-state index is 13.7. The molecule has 8 heteroatoms. The van der Waals surface area contributed by atoms with E-state index >= 15 is 0 Å². The number of ether oxygens (including phenoxy) is 2. The van der Waals surface area contributed by atoms with Crippen LogP contribution in [0.3, 0.4) is 0 Å². The third kappa shape index (κ3) is 3.72. The number of methoxy groups -OCH3 is 1. The number of alkyl halides is 3. The molecule has 116 valence electrons. The predicted molar refractivity (Wildman–Crippen MR) is 67.7 cm³/mol. The summed E-state index contributed by atoms with van der Waals surface area (Å²) in [6, 6.07) is 4.32. The molecule has 0 aliphatic carbocycles. The van der Waals surface area contributed by atoms with E-state index < -0.39 is 23.9 Å². The van der Waals surface area contributed by atoms with E-state index in [1.165, 1.54) is 31.6 Å². The Morgan fingerprint density at radius 3 is 2.45 bits per heavy atom. The first-order valence-corrected chi connectivity index (χ1v) is 5.89. The average Bonchev–Trinajstić information content (AvgIpc) is 2.47. The minimum absolute atomic E-state index is 0.135. The molecule has 0 aliphatic rings. The molecule has 1 aromatic carbocycles. The lowest BCUT2D eigenvalue weighted by molar-refractivity contribution is -0.275. The van der Waals surface area contributed by atoms with Gasteiger partial charge in [0, 0.05) is 18.0 Å². The second-order valence-corrected chi connectivity index (χ2v) is 4.15. The van der Waals surface area contributed by atoms with Gasteiger partial charge in [0.1, 0.15) is 0 Å². The van der Waals surface area contributed by atoms with Gasteiger partial charge < -0.3 is 9.47 Å². The number of nitrogens with zero attached hydrogens (tertiary/aromatic N) is 1. The molecule has 22 heavy (non-hydrogen) atoms. The van der Waals surface area contributed by atoms with Gasteiger partial charge >= 0.3 is 12.3 Å². The van der Waals surface area contributed by atoms with Crippen LogP contribution in [0, 0.1) is 5.82 Å².